The molecule has 1 heterocycles. The summed E-state index contributed by atoms with van der Waals surface area (Å²) in [6.07, 6.45) is -4.10. The van der Waals surface area contributed by atoms with Gasteiger partial charge in [0.05, 0.1) is 21.2 Å². The Kier molecular flexibility index (Phi) is 9.02. The van der Waals surface area contributed by atoms with Crippen molar-refractivity contribution in [2.75, 3.05) is 23.1 Å². The van der Waals surface area contributed by atoms with Gasteiger partial charge in [0.2, 0.25) is 15.9 Å². The van der Waals surface area contributed by atoms with Crippen molar-refractivity contribution in [2.24, 2.45) is 5.92 Å². The maximum atomic E-state index is 13.1. The lowest BCUT2D eigenvalue weighted by Gasteiger charge is -2.30. The average Bonchev–Trinajstić information content (AvgIpc) is 2.90. The van der Waals surface area contributed by atoms with E-state index < -0.39 is 42.7 Å². The molecule has 0 unspecified atom stereocenters. The summed E-state index contributed by atoms with van der Waals surface area (Å²) >= 11 is 5.59. The van der Waals surface area contributed by atoms with Crippen LogP contribution in [0.3, 0.4) is 0 Å². The van der Waals surface area contributed by atoms with Gasteiger partial charge in [0.25, 0.3) is 10.0 Å². The molecule has 0 aromatic heterocycles. The first-order valence-electron chi connectivity index (χ1n) is 12.5. The standard InChI is InChI=1S/C27H27ClF3N3O5S2/c1-18-4-2-3-5-20(18)17-40(36,37)34-14-12-19(13-15-34)26(35)32-21-6-9-23(10-7-21)41(38,39)33-22-8-11-25(28)24(16-22)27(29,30)31/h2-11,16,19,33H,12-15,17H2,1H3,(H,32,35). The van der Waals surface area contributed by atoms with Gasteiger partial charge in [-0.3, -0.25) is 9.52 Å². The first-order valence-corrected chi connectivity index (χ1v) is 16.0. The summed E-state index contributed by atoms with van der Waals surface area (Å²) in [5.41, 5.74) is 0.445. The van der Waals surface area contributed by atoms with Gasteiger partial charge in [0, 0.05) is 30.4 Å². The molecule has 1 saturated heterocycles. The van der Waals surface area contributed by atoms with Crippen molar-refractivity contribution < 1.29 is 34.8 Å². The van der Waals surface area contributed by atoms with E-state index in [0.29, 0.717) is 24.6 Å². The maximum Gasteiger partial charge on any atom is 0.417 e. The van der Waals surface area contributed by atoms with Crippen LogP contribution >= 0.6 is 11.6 Å². The minimum atomic E-state index is -4.76. The molecule has 0 aliphatic carbocycles. The molecule has 0 saturated carbocycles. The molecular weight excluding hydrogens is 603 g/mol. The molecular formula is C27H27ClF3N3O5S2. The fourth-order valence-corrected chi connectivity index (χ4v) is 7.38. The number of anilines is 2. The van der Waals surface area contributed by atoms with E-state index in [0.717, 1.165) is 23.3 Å². The van der Waals surface area contributed by atoms with Crippen molar-refractivity contribution in [3.63, 3.8) is 0 Å². The number of nitrogens with zero attached hydrogens (tertiary/aromatic N) is 1. The molecule has 0 atom stereocenters. The lowest BCUT2D eigenvalue weighted by atomic mass is 9.97. The van der Waals surface area contributed by atoms with Gasteiger partial charge in [-0.1, -0.05) is 35.9 Å². The largest absolute Gasteiger partial charge is 0.417 e. The lowest BCUT2D eigenvalue weighted by Crippen LogP contribution is -2.41. The second kappa shape index (κ2) is 12.0. The maximum absolute atomic E-state index is 13.1. The molecule has 3 aromatic carbocycles. The summed E-state index contributed by atoms with van der Waals surface area (Å²) in [6.45, 7) is 2.26. The van der Waals surface area contributed by atoms with Crippen LogP contribution < -0.4 is 10.0 Å². The second-order valence-electron chi connectivity index (χ2n) is 9.67. The fourth-order valence-electron chi connectivity index (χ4n) is 4.44. The van der Waals surface area contributed by atoms with Crippen molar-refractivity contribution in [3.8, 4) is 0 Å². The number of piperidine rings is 1. The molecule has 14 heteroatoms. The van der Waals surface area contributed by atoms with Crippen molar-refractivity contribution in [3.05, 3.63) is 88.4 Å². The molecule has 8 nitrogen and oxygen atoms in total. The summed E-state index contributed by atoms with van der Waals surface area (Å²) in [6, 6.07) is 15.1. The molecule has 0 spiro atoms. The summed E-state index contributed by atoms with van der Waals surface area (Å²) in [5.74, 6) is -0.865. The molecule has 0 radical (unpaired) electrons. The number of alkyl halides is 3. The van der Waals surface area contributed by atoms with Gasteiger partial charge >= 0.3 is 6.18 Å². The summed E-state index contributed by atoms with van der Waals surface area (Å²) < 4.78 is 94.0. The highest BCUT2D eigenvalue weighted by Crippen LogP contribution is 2.36. The Hall–Kier alpha value is -3.13. The highest BCUT2D eigenvalue weighted by Gasteiger charge is 2.34. The molecule has 1 aliphatic rings. The van der Waals surface area contributed by atoms with E-state index in [1.807, 2.05) is 19.1 Å². The summed E-state index contributed by atoms with van der Waals surface area (Å²) in [4.78, 5) is 12.6. The number of carbonyl (C=O) groups excluding carboxylic acids is 1. The van der Waals surface area contributed by atoms with E-state index in [4.69, 9.17) is 11.6 Å². The third-order valence-corrected chi connectivity index (χ3v) is 10.3. The van der Waals surface area contributed by atoms with Gasteiger partial charge < -0.3 is 5.32 Å². The molecule has 41 heavy (non-hydrogen) atoms. The van der Waals surface area contributed by atoms with Crippen LogP contribution in [0.15, 0.2) is 71.6 Å². The molecule has 0 bridgehead atoms. The van der Waals surface area contributed by atoms with E-state index in [9.17, 15) is 34.8 Å². The van der Waals surface area contributed by atoms with Crippen LogP contribution in [-0.2, 0) is 36.8 Å². The topological polar surface area (TPSA) is 113 Å². The predicted octanol–water partition coefficient (Wildman–Crippen LogP) is 5.65. The number of aryl methyl sites for hydroxylation is 1. The minimum Gasteiger partial charge on any atom is -0.326 e. The van der Waals surface area contributed by atoms with E-state index in [1.165, 1.54) is 28.6 Å². The Balaban J connectivity index is 1.34. The smallest absolute Gasteiger partial charge is 0.326 e. The number of hydrogen-bond donors (Lipinski definition) is 2. The van der Waals surface area contributed by atoms with Crippen LogP contribution in [0.2, 0.25) is 5.02 Å². The van der Waals surface area contributed by atoms with Gasteiger partial charge in [0.1, 0.15) is 0 Å². The van der Waals surface area contributed by atoms with E-state index in [-0.39, 0.29) is 35.3 Å². The Morgan fingerprint density at radius 2 is 1.56 bits per heavy atom. The first kappa shape index (κ1) is 30.8. The molecule has 2 N–H and O–H groups in total. The third-order valence-electron chi connectivity index (χ3n) is 6.77. The van der Waals surface area contributed by atoms with Crippen LogP contribution in [0.25, 0.3) is 0 Å². The fraction of sp³-hybridized carbons (Fsp3) is 0.296. The van der Waals surface area contributed by atoms with E-state index >= 15 is 0 Å². The molecule has 220 valence electrons. The molecule has 1 amide bonds. The Morgan fingerprint density at radius 1 is 0.951 bits per heavy atom. The lowest BCUT2D eigenvalue weighted by molar-refractivity contribution is -0.137. The number of benzene rings is 3. The Bertz CT molecular complexity index is 1640. The normalized spacial score (nSPS) is 15.4. The van der Waals surface area contributed by atoms with Crippen LogP contribution in [-0.4, -0.2) is 40.1 Å². The Morgan fingerprint density at radius 3 is 2.17 bits per heavy atom. The van der Waals surface area contributed by atoms with Crippen molar-refractivity contribution >= 4 is 48.9 Å². The van der Waals surface area contributed by atoms with Gasteiger partial charge in [-0.25, -0.2) is 21.1 Å². The highest BCUT2D eigenvalue weighted by molar-refractivity contribution is 7.92. The second-order valence-corrected chi connectivity index (χ2v) is 13.7. The number of sulfonamides is 2. The summed E-state index contributed by atoms with van der Waals surface area (Å²) in [7, 11) is -7.78. The van der Waals surface area contributed by atoms with Crippen LogP contribution in [0.1, 0.15) is 29.5 Å². The van der Waals surface area contributed by atoms with Crippen LogP contribution in [0, 0.1) is 12.8 Å². The molecule has 1 fully saturated rings. The zero-order valence-electron chi connectivity index (χ0n) is 21.8. The quantitative estimate of drug-likeness (QED) is 0.335. The van der Waals surface area contributed by atoms with Gasteiger partial charge in [-0.2, -0.15) is 13.2 Å². The number of rotatable bonds is 8. The van der Waals surface area contributed by atoms with Gasteiger partial charge in [0.15, 0.2) is 0 Å². The zero-order valence-corrected chi connectivity index (χ0v) is 24.2. The number of amides is 1. The number of nitrogens with one attached hydrogen (secondary N) is 2. The molecule has 4 rings (SSSR count). The first-order chi connectivity index (χ1) is 19.2. The van der Waals surface area contributed by atoms with Crippen molar-refractivity contribution in [2.45, 2.75) is 36.6 Å². The van der Waals surface area contributed by atoms with Gasteiger partial charge in [-0.05, 0) is 73.4 Å². The molecule has 3 aromatic rings. The molecule has 1 aliphatic heterocycles. The van der Waals surface area contributed by atoms with Crippen LogP contribution in [0.4, 0.5) is 24.5 Å². The minimum absolute atomic E-state index is 0.109. The zero-order chi connectivity index (χ0) is 30.0. The third kappa shape index (κ3) is 7.59. The number of carbonyl (C=O) groups is 1. The number of halogens is 4. The summed E-state index contributed by atoms with van der Waals surface area (Å²) in [5, 5.41) is 2.15. The van der Waals surface area contributed by atoms with Gasteiger partial charge in [-0.15, -0.1) is 0 Å². The monoisotopic (exact) mass is 629 g/mol. The van der Waals surface area contributed by atoms with Crippen molar-refractivity contribution in [1.29, 1.82) is 0 Å². The Labute approximate surface area is 241 Å². The predicted molar refractivity (Wildman–Crippen MR) is 150 cm³/mol. The van der Waals surface area contributed by atoms with E-state index in [1.54, 1.807) is 12.1 Å². The highest BCUT2D eigenvalue weighted by atomic mass is 35.5. The van der Waals surface area contributed by atoms with Crippen molar-refractivity contribution in [1.82, 2.24) is 4.31 Å². The number of hydrogen-bond acceptors (Lipinski definition) is 5. The SMILES string of the molecule is Cc1ccccc1CS(=O)(=O)N1CCC(C(=O)Nc2ccc(S(=O)(=O)Nc3ccc(Cl)c(C(F)(F)F)c3)cc2)CC1. The average molecular weight is 630 g/mol. The van der Waals surface area contributed by atoms with E-state index in [2.05, 4.69) is 10.0 Å². The van der Waals surface area contributed by atoms with Crippen LogP contribution in [0.5, 0.6) is 0 Å².